The third kappa shape index (κ3) is 4.99. The van der Waals surface area contributed by atoms with Crippen LogP contribution in [0.25, 0.3) is 0 Å². The summed E-state index contributed by atoms with van der Waals surface area (Å²) in [6.07, 6.45) is -1.05. The molecule has 0 spiro atoms. The smallest absolute Gasteiger partial charge is 0.216 e. The summed E-state index contributed by atoms with van der Waals surface area (Å²) in [4.78, 5) is 9.70. The van der Waals surface area contributed by atoms with Crippen molar-refractivity contribution >= 4 is 5.91 Å². The third-order valence-corrected chi connectivity index (χ3v) is 3.02. The normalized spacial score (nSPS) is 36.8. The second kappa shape index (κ2) is 7.60. The molecule has 1 fully saturated rings. The molecule has 0 aromatic heterocycles. The van der Waals surface area contributed by atoms with Crippen LogP contribution < -0.4 is 11.1 Å². The van der Waals surface area contributed by atoms with Crippen molar-refractivity contribution in [3.8, 4) is 0 Å². The zero-order valence-electron chi connectivity index (χ0n) is 10.9. The summed E-state index contributed by atoms with van der Waals surface area (Å²) in [5.74, 6) is 0.0350. The number of rotatable bonds is 1. The van der Waals surface area contributed by atoms with E-state index in [1.165, 1.54) is 6.92 Å². The molecule has 1 aliphatic rings. The standard InChI is InChI=1S/C8H17NO3.C3H7NO/c1-4-5(2)12-6(3-10)7(9)8(4)11;1-3(5)4-2/h4-8,10-11H,3,9H2,1-2H3;1-2H3,(H,4,5)/t4-,5?,6+,7?,8-;/m1./s1. The topological polar surface area (TPSA) is 105 Å². The van der Waals surface area contributed by atoms with Gasteiger partial charge in [0.1, 0.15) is 0 Å². The monoisotopic (exact) mass is 248 g/mol. The molecule has 0 aliphatic carbocycles. The zero-order chi connectivity index (χ0) is 13.6. The average molecular weight is 248 g/mol. The SMILES string of the molecule is CC1O[C@@H](CO)C(N)[C@H](O)[C@@H]1C.CNC(C)=O. The lowest BCUT2D eigenvalue weighted by Gasteiger charge is -2.40. The van der Waals surface area contributed by atoms with Crippen LogP contribution in [0.1, 0.15) is 20.8 Å². The number of carbonyl (C=O) groups is 1. The molecule has 5 atom stereocenters. The van der Waals surface area contributed by atoms with E-state index in [4.69, 9.17) is 15.6 Å². The highest BCUT2D eigenvalue weighted by Crippen LogP contribution is 2.23. The van der Waals surface area contributed by atoms with Gasteiger partial charge in [-0.1, -0.05) is 6.92 Å². The van der Waals surface area contributed by atoms with Gasteiger partial charge in [0.25, 0.3) is 0 Å². The molecule has 102 valence electrons. The van der Waals surface area contributed by atoms with Gasteiger partial charge in [-0.3, -0.25) is 4.79 Å². The Labute approximate surface area is 102 Å². The lowest BCUT2D eigenvalue weighted by atomic mass is 9.88. The van der Waals surface area contributed by atoms with Gasteiger partial charge in [-0.05, 0) is 6.92 Å². The van der Waals surface area contributed by atoms with Gasteiger partial charge in [-0.25, -0.2) is 0 Å². The molecule has 1 aliphatic heterocycles. The third-order valence-electron chi connectivity index (χ3n) is 3.02. The molecule has 1 saturated heterocycles. The number of amides is 1. The average Bonchev–Trinajstić information content (AvgIpc) is 2.31. The molecule has 5 N–H and O–H groups in total. The Bertz CT molecular complexity index is 233. The second-order valence-corrected chi connectivity index (χ2v) is 4.30. The summed E-state index contributed by atoms with van der Waals surface area (Å²) < 4.78 is 5.40. The highest BCUT2D eigenvalue weighted by Gasteiger charge is 2.38. The molecule has 0 aromatic carbocycles. The minimum atomic E-state index is -0.578. The Kier molecular flexibility index (Phi) is 7.29. The van der Waals surface area contributed by atoms with Gasteiger partial charge in [0.2, 0.25) is 5.91 Å². The zero-order valence-corrected chi connectivity index (χ0v) is 10.9. The van der Waals surface area contributed by atoms with E-state index in [-0.39, 0.29) is 24.5 Å². The van der Waals surface area contributed by atoms with E-state index >= 15 is 0 Å². The number of nitrogens with one attached hydrogen (secondary N) is 1. The minimum Gasteiger partial charge on any atom is -0.394 e. The molecular formula is C11H24N2O4. The molecule has 0 radical (unpaired) electrons. The maximum absolute atomic E-state index is 9.70. The van der Waals surface area contributed by atoms with E-state index < -0.39 is 18.2 Å². The summed E-state index contributed by atoms with van der Waals surface area (Å²) in [6.45, 7) is 5.11. The lowest BCUT2D eigenvalue weighted by molar-refractivity contribution is -0.147. The van der Waals surface area contributed by atoms with Crippen LogP contribution in [0, 0.1) is 5.92 Å². The van der Waals surface area contributed by atoms with E-state index in [2.05, 4.69) is 5.32 Å². The first-order chi connectivity index (χ1) is 7.84. The number of hydrogen-bond acceptors (Lipinski definition) is 5. The van der Waals surface area contributed by atoms with E-state index in [0.29, 0.717) is 0 Å². The Morgan fingerprint density at radius 2 is 1.94 bits per heavy atom. The van der Waals surface area contributed by atoms with E-state index in [1.807, 2.05) is 13.8 Å². The van der Waals surface area contributed by atoms with Crippen LogP contribution in [0.4, 0.5) is 0 Å². The Morgan fingerprint density at radius 3 is 2.29 bits per heavy atom. The predicted molar refractivity (Wildman–Crippen MR) is 64.3 cm³/mol. The number of aliphatic hydroxyl groups excluding tert-OH is 2. The summed E-state index contributed by atoms with van der Waals surface area (Å²) in [5, 5.41) is 20.9. The molecular weight excluding hydrogens is 224 g/mol. The summed E-state index contributed by atoms with van der Waals surface area (Å²) >= 11 is 0. The minimum absolute atomic E-state index is 0.00463. The fraction of sp³-hybridized carbons (Fsp3) is 0.909. The molecule has 6 heteroatoms. The maximum Gasteiger partial charge on any atom is 0.216 e. The Hall–Kier alpha value is -0.690. The molecule has 1 heterocycles. The quantitative estimate of drug-likeness (QED) is 0.468. The van der Waals surface area contributed by atoms with Gasteiger partial charge >= 0.3 is 0 Å². The van der Waals surface area contributed by atoms with Crippen LogP contribution in [0.5, 0.6) is 0 Å². The van der Waals surface area contributed by atoms with Crippen molar-refractivity contribution in [3.05, 3.63) is 0 Å². The van der Waals surface area contributed by atoms with Gasteiger partial charge in [0, 0.05) is 19.9 Å². The van der Waals surface area contributed by atoms with E-state index in [0.717, 1.165) is 0 Å². The van der Waals surface area contributed by atoms with E-state index in [1.54, 1.807) is 7.05 Å². The molecule has 0 saturated carbocycles. The highest BCUT2D eigenvalue weighted by molar-refractivity contribution is 5.72. The number of ether oxygens (including phenoxy) is 1. The number of nitrogens with two attached hydrogens (primary N) is 1. The fourth-order valence-corrected chi connectivity index (χ4v) is 1.50. The Morgan fingerprint density at radius 1 is 1.47 bits per heavy atom. The van der Waals surface area contributed by atoms with Gasteiger partial charge < -0.3 is 26.0 Å². The fourth-order valence-electron chi connectivity index (χ4n) is 1.50. The predicted octanol–water partition coefficient (Wildman–Crippen LogP) is -1.16. The molecule has 0 aromatic rings. The van der Waals surface area contributed by atoms with Gasteiger partial charge in [-0.2, -0.15) is 0 Å². The van der Waals surface area contributed by atoms with Crippen molar-refractivity contribution in [2.45, 2.75) is 45.1 Å². The van der Waals surface area contributed by atoms with Crippen LogP contribution in [-0.2, 0) is 9.53 Å². The summed E-state index contributed by atoms with van der Waals surface area (Å²) in [5.41, 5.74) is 5.65. The summed E-state index contributed by atoms with van der Waals surface area (Å²) in [7, 11) is 1.60. The molecule has 1 rings (SSSR count). The van der Waals surface area contributed by atoms with Crippen LogP contribution in [-0.4, -0.2) is 54.1 Å². The first-order valence-corrected chi connectivity index (χ1v) is 5.73. The van der Waals surface area contributed by atoms with Crippen LogP contribution in [0.3, 0.4) is 0 Å². The lowest BCUT2D eigenvalue weighted by Crippen LogP contribution is -2.58. The van der Waals surface area contributed by atoms with Crippen LogP contribution in [0.2, 0.25) is 0 Å². The second-order valence-electron chi connectivity index (χ2n) is 4.30. The van der Waals surface area contributed by atoms with Gasteiger partial charge in [0.15, 0.2) is 0 Å². The Balaban J connectivity index is 0.000000437. The number of aliphatic hydroxyl groups is 2. The first kappa shape index (κ1) is 16.3. The summed E-state index contributed by atoms with van der Waals surface area (Å²) in [6, 6.07) is -0.471. The van der Waals surface area contributed by atoms with Crippen molar-refractivity contribution in [1.29, 1.82) is 0 Å². The van der Waals surface area contributed by atoms with Gasteiger partial charge in [0.05, 0.1) is 31.0 Å². The molecule has 0 bridgehead atoms. The maximum atomic E-state index is 9.70. The van der Waals surface area contributed by atoms with Gasteiger partial charge in [-0.15, -0.1) is 0 Å². The highest BCUT2D eigenvalue weighted by atomic mass is 16.5. The molecule has 1 amide bonds. The molecule has 17 heavy (non-hydrogen) atoms. The first-order valence-electron chi connectivity index (χ1n) is 5.73. The largest absolute Gasteiger partial charge is 0.394 e. The van der Waals surface area contributed by atoms with Crippen molar-refractivity contribution < 1.29 is 19.7 Å². The van der Waals surface area contributed by atoms with Crippen molar-refractivity contribution in [1.82, 2.24) is 5.32 Å². The molecule has 2 unspecified atom stereocenters. The van der Waals surface area contributed by atoms with Crippen molar-refractivity contribution in [2.24, 2.45) is 11.7 Å². The van der Waals surface area contributed by atoms with Crippen LogP contribution >= 0.6 is 0 Å². The number of carbonyl (C=O) groups excluding carboxylic acids is 1. The van der Waals surface area contributed by atoms with E-state index in [9.17, 15) is 9.90 Å². The molecule has 6 nitrogen and oxygen atoms in total. The van der Waals surface area contributed by atoms with Crippen LogP contribution in [0.15, 0.2) is 0 Å². The van der Waals surface area contributed by atoms with Crippen molar-refractivity contribution in [2.75, 3.05) is 13.7 Å². The number of hydrogen-bond donors (Lipinski definition) is 4. The van der Waals surface area contributed by atoms with Crippen molar-refractivity contribution in [3.63, 3.8) is 0 Å².